The summed E-state index contributed by atoms with van der Waals surface area (Å²) in [7, 11) is 0. The summed E-state index contributed by atoms with van der Waals surface area (Å²) < 4.78 is 2.34. The molecule has 244 valence electrons. The smallest absolute Gasteiger partial charge is 0.235 e. The number of aromatic nitrogens is 3. The van der Waals surface area contributed by atoms with Crippen molar-refractivity contribution in [2.45, 2.75) is 19.3 Å². The molecule has 1 aliphatic rings. The first-order valence-electron chi connectivity index (χ1n) is 18.0. The van der Waals surface area contributed by atoms with Gasteiger partial charge < -0.3 is 0 Å². The number of para-hydroxylation sites is 1. The molecule has 0 N–H and O–H groups in total. The summed E-state index contributed by atoms with van der Waals surface area (Å²) in [5, 5.41) is 8.30. The molecule has 52 heavy (non-hydrogen) atoms. The van der Waals surface area contributed by atoms with Crippen LogP contribution < -0.4 is 0 Å². The Morgan fingerprint density at radius 2 is 1.17 bits per heavy atom. The second-order valence-electron chi connectivity index (χ2n) is 14.6. The molecule has 11 rings (SSSR count). The second-order valence-corrected chi connectivity index (χ2v) is 14.6. The van der Waals surface area contributed by atoms with Crippen LogP contribution in [0.1, 0.15) is 25.0 Å². The maximum Gasteiger partial charge on any atom is 0.235 e. The lowest BCUT2D eigenvalue weighted by atomic mass is 9.81. The Kier molecular flexibility index (Phi) is 6.01. The molecule has 3 heteroatoms. The topological polar surface area (TPSA) is 30.7 Å². The summed E-state index contributed by atoms with van der Waals surface area (Å²) in [4.78, 5) is 10.8. The van der Waals surface area contributed by atoms with E-state index in [1.807, 2.05) is 0 Å². The van der Waals surface area contributed by atoms with Crippen molar-refractivity contribution in [1.82, 2.24) is 14.5 Å². The summed E-state index contributed by atoms with van der Waals surface area (Å²) in [5.41, 5.74) is 12.8. The van der Waals surface area contributed by atoms with E-state index >= 15 is 0 Å². The number of fused-ring (bicyclic) bond motifs is 10. The van der Waals surface area contributed by atoms with Gasteiger partial charge in [0.05, 0.1) is 22.2 Å². The molecule has 0 saturated heterocycles. The van der Waals surface area contributed by atoms with Gasteiger partial charge in [0.2, 0.25) is 5.95 Å². The minimum atomic E-state index is -0.124. The van der Waals surface area contributed by atoms with Gasteiger partial charge in [-0.05, 0) is 73.6 Å². The fraction of sp³-hybridized carbons (Fsp3) is 0.0612. The van der Waals surface area contributed by atoms with Crippen molar-refractivity contribution in [1.29, 1.82) is 0 Å². The van der Waals surface area contributed by atoms with E-state index in [9.17, 15) is 0 Å². The molecule has 0 radical (unpaired) electrons. The Hall–Kier alpha value is -6.58. The minimum Gasteiger partial charge on any atom is -0.277 e. The minimum absolute atomic E-state index is 0.124. The zero-order valence-corrected chi connectivity index (χ0v) is 28.9. The third kappa shape index (κ3) is 4.02. The van der Waals surface area contributed by atoms with E-state index < -0.39 is 0 Å². The lowest BCUT2D eigenvalue weighted by molar-refractivity contribution is 0.660. The highest BCUT2D eigenvalue weighted by Gasteiger charge is 2.35. The highest BCUT2D eigenvalue weighted by Crippen LogP contribution is 2.51. The molecule has 0 atom stereocenters. The van der Waals surface area contributed by atoms with Crippen LogP contribution in [0.25, 0.3) is 93.7 Å². The predicted molar refractivity (Wildman–Crippen MR) is 217 cm³/mol. The molecule has 0 aliphatic heterocycles. The predicted octanol–water partition coefficient (Wildman–Crippen LogP) is 12.7. The van der Waals surface area contributed by atoms with Gasteiger partial charge in [-0.25, -0.2) is 9.97 Å². The Labute approximate surface area is 301 Å². The molecule has 0 bridgehead atoms. The molecular weight excluding hydrogens is 631 g/mol. The van der Waals surface area contributed by atoms with Crippen molar-refractivity contribution in [2.75, 3.05) is 0 Å². The molecule has 2 aromatic heterocycles. The summed E-state index contributed by atoms with van der Waals surface area (Å²) >= 11 is 0. The van der Waals surface area contributed by atoms with Crippen LogP contribution >= 0.6 is 0 Å². The third-order valence-corrected chi connectivity index (χ3v) is 11.4. The highest BCUT2D eigenvalue weighted by atomic mass is 15.2. The van der Waals surface area contributed by atoms with Crippen molar-refractivity contribution in [3.63, 3.8) is 0 Å². The fourth-order valence-electron chi connectivity index (χ4n) is 8.95. The first-order valence-corrected chi connectivity index (χ1v) is 18.0. The van der Waals surface area contributed by atoms with Crippen LogP contribution in [0, 0.1) is 0 Å². The third-order valence-electron chi connectivity index (χ3n) is 11.4. The Bertz CT molecular complexity index is 3100. The lowest BCUT2D eigenvalue weighted by Crippen LogP contribution is -2.14. The fourth-order valence-corrected chi connectivity index (χ4v) is 8.95. The standard InChI is InChI=1S/C49H33N3/c1-49(2)40-22-12-10-20-36(40)37-26-24-33(29-41(37)49)44-35-19-9-7-17-32(35)28-39-45-34-18-8-6-14-30(34)25-27-43(45)52(47(39)44)48-50-42-23-13-11-21-38(42)46(51-48)31-15-4-3-5-16-31/h3-29H,1-2H3. The van der Waals surface area contributed by atoms with Gasteiger partial charge in [-0.2, -0.15) is 0 Å². The SMILES string of the molecule is CC1(C)c2ccccc2-c2ccc(-c3c4ccccc4cc4c5c6ccccc6ccc5n(-c5nc(-c6ccccc6)c6ccccc6n5)c34)cc21. The Morgan fingerprint density at radius 1 is 0.481 bits per heavy atom. The molecule has 2 heterocycles. The van der Waals surface area contributed by atoms with Gasteiger partial charge in [0.25, 0.3) is 0 Å². The first-order chi connectivity index (χ1) is 25.6. The number of rotatable bonds is 3. The summed E-state index contributed by atoms with van der Waals surface area (Å²) in [6, 6.07) is 59.3. The average Bonchev–Trinajstić information content (AvgIpc) is 3.65. The number of benzene rings is 8. The Morgan fingerprint density at radius 3 is 2.04 bits per heavy atom. The maximum absolute atomic E-state index is 5.47. The van der Waals surface area contributed by atoms with E-state index in [-0.39, 0.29) is 5.41 Å². The van der Waals surface area contributed by atoms with Crippen LogP contribution in [0.4, 0.5) is 0 Å². The molecule has 3 nitrogen and oxygen atoms in total. The van der Waals surface area contributed by atoms with Gasteiger partial charge in [-0.3, -0.25) is 4.57 Å². The molecule has 8 aromatic carbocycles. The number of nitrogens with zero attached hydrogens (tertiary/aromatic N) is 3. The van der Waals surface area contributed by atoms with E-state index in [4.69, 9.17) is 9.97 Å². The average molecular weight is 664 g/mol. The van der Waals surface area contributed by atoms with E-state index in [2.05, 4.69) is 182 Å². The molecule has 0 unspecified atom stereocenters. The molecule has 1 aliphatic carbocycles. The van der Waals surface area contributed by atoms with Crippen LogP contribution in [-0.4, -0.2) is 14.5 Å². The Balaban J connectivity index is 1.32. The van der Waals surface area contributed by atoms with Crippen LogP contribution in [0.5, 0.6) is 0 Å². The summed E-state index contributed by atoms with van der Waals surface area (Å²) in [5.74, 6) is 0.665. The van der Waals surface area contributed by atoms with E-state index in [1.54, 1.807) is 0 Å². The van der Waals surface area contributed by atoms with Crippen molar-refractivity contribution < 1.29 is 0 Å². The van der Waals surface area contributed by atoms with Crippen LogP contribution in [-0.2, 0) is 5.41 Å². The van der Waals surface area contributed by atoms with Crippen molar-refractivity contribution in [3.8, 4) is 39.5 Å². The molecule has 0 amide bonds. The molecule has 0 fully saturated rings. The normalized spacial score (nSPS) is 13.3. The maximum atomic E-state index is 5.47. The van der Waals surface area contributed by atoms with Gasteiger partial charge in [0.1, 0.15) is 0 Å². The number of hydrogen-bond acceptors (Lipinski definition) is 2. The van der Waals surface area contributed by atoms with Gasteiger partial charge in [-0.15, -0.1) is 0 Å². The van der Waals surface area contributed by atoms with Gasteiger partial charge in [-0.1, -0.05) is 153 Å². The van der Waals surface area contributed by atoms with Crippen LogP contribution in [0.2, 0.25) is 0 Å². The van der Waals surface area contributed by atoms with Crippen molar-refractivity contribution >= 4 is 54.3 Å². The van der Waals surface area contributed by atoms with Crippen LogP contribution in [0.15, 0.2) is 164 Å². The number of hydrogen-bond donors (Lipinski definition) is 0. The summed E-state index contributed by atoms with van der Waals surface area (Å²) in [6.45, 7) is 4.72. The molecule has 0 saturated carbocycles. The zero-order chi connectivity index (χ0) is 34.6. The van der Waals surface area contributed by atoms with Crippen molar-refractivity contribution in [2.24, 2.45) is 0 Å². The quantitative estimate of drug-likeness (QED) is 0.188. The van der Waals surface area contributed by atoms with E-state index in [1.165, 1.54) is 65.7 Å². The zero-order valence-electron chi connectivity index (χ0n) is 28.9. The van der Waals surface area contributed by atoms with E-state index in [0.717, 1.165) is 33.2 Å². The van der Waals surface area contributed by atoms with Crippen molar-refractivity contribution in [3.05, 3.63) is 175 Å². The molecule has 0 spiro atoms. The van der Waals surface area contributed by atoms with Crippen LogP contribution in [0.3, 0.4) is 0 Å². The largest absolute Gasteiger partial charge is 0.277 e. The molecule has 10 aromatic rings. The lowest BCUT2D eigenvalue weighted by Gasteiger charge is -2.22. The van der Waals surface area contributed by atoms with Gasteiger partial charge >= 0.3 is 0 Å². The summed E-state index contributed by atoms with van der Waals surface area (Å²) in [6.07, 6.45) is 0. The molecular formula is C49H33N3. The monoisotopic (exact) mass is 663 g/mol. The van der Waals surface area contributed by atoms with E-state index in [0.29, 0.717) is 5.95 Å². The van der Waals surface area contributed by atoms with Gasteiger partial charge in [0, 0.05) is 32.7 Å². The second kappa shape index (κ2) is 10.7. The highest BCUT2D eigenvalue weighted by molar-refractivity contribution is 6.27. The first kappa shape index (κ1) is 29.2. The van der Waals surface area contributed by atoms with Gasteiger partial charge in [0.15, 0.2) is 0 Å².